The summed E-state index contributed by atoms with van der Waals surface area (Å²) >= 11 is 0. The van der Waals surface area contributed by atoms with Gasteiger partial charge in [-0.3, -0.25) is 19.8 Å². The summed E-state index contributed by atoms with van der Waals surface area (Å²) in [6.45, 7) is 8.62. The van der Waals surface area contributed by atoms with Crippen LogP contribution >= 0.6 is 0 Å². The quantitative estimate of drug-likeness (QED) is 0.161. The first-order chi connectivity index (χ1) is 20.6. The average Bonchev–Trinajstić information content (AvgIpc) is 3.02. The molecule has 44 heavy (non-hydrogen) atoms. The Morgan fingerprint density at radius 2 is 1.82 bits per heavy atom. The molecule has 0 radical (unpaired) electrons. The zero-order chi connectivity index (χ0) is 33.1. The van der Waals surface area contributed by atoms with Crippen molar-refractivity contribution in [2.45, 2.75) is 83.3 Å². The fraction of sp³-hybridized carbons (Fsp3) is 0.667. The van der Waals surface area contributed by atoms with Gasteiger partial charge in [0.05, 0.1) is 12.6 Å². The van der Waals surface area contributed by atoms with Gasteiger partial charge in [0, 0.05) is 45.5 Å². The SMILES string of the molecule is C=C/N=C(\C=C(/CC)NCC1=NC(C/C=C\C=C(/NC)C(F)(F)F)N(C)C(N2CCCCC(O)C(C)CC2)N1C)C(F)(F)F. The number of aliphatic imine (C=N–C) groups is 2. The summed E-state index contributed by atoms with van der Waals surface area (Å²) in [5, 5.41) is 15.7. The fourth-order valence-corrected chi connectivity index (χ4v) is 5.27. The average molecular weight is 636 g/mol. The molecule has 0 amide bonds. The number of hydrogen-bond donors (Lipinski definition) is 3. The molecule has 2 aliphatic heterocycles. The highest BCUT2D eigenvalue weighted by Gasteiger charge is 2.37. The van der Waals surface area contributed by atoms with Crippen molar-refractivity contribution < 1.29 is 31.4 Å². The monoisotopic (exact) mass is 635 g/mol. The van der Waals surface area contributed by atoms with E-state index in [1.807, 2.05) is 30.8 Å². The molecule has 250 valence electrons. The van der Waals surface area contributed by atoms with Crippen molar-refractivity contribution in [3.63, 3.8) is 0 Å². The Hall–Kier alpha value is -2.84. The Bertz CT molecular complexity index is 1080. The number of aliphatic hydroxyl groups is 1. The molecule has 0 aromatic heterocycles. The van der Waals surface area contributed by atoms with Gasteiger partial charge < -0.3 is 20.6 Å². The maximum atomic E-state index is 13.5. The second kappa shape index (κ2) is 17.0. The first kappa shape index (κ1) is 37.3. The predicted molar refractivity (Wildman–Crippen MR) is 163 cm³/mol. The Morgan fingerprint density at radius 1 is 1.11 bits per heavy atom. The van der Waals surface area contributed by atoms with E-state index in [0.29, 0.717) is 24.5 Å². The van der Waals surface area contributed by atoms with Gasteiger partial charge in [0.15, 0.2) is 0 Å². The standard InChI is InChI=1S/C30H47F6N7O/c1-7-22(19-25(38-8-2)30(34,35)36)39-20-27-40-26(15-10-9-14-24(37-4)29(31,32)33)41(5)28(42(27)6)43-17-12-11-13-23(44)21(3)16-18-43/h8-10,14,19,21,23,26,28,37,39,44H,2,7,11-13,15-18,20H2,1,3-6H3/b10-9-,22-19+,24-14-,38-25+. The summed E-state index contributed by atoms with van der Waals surface area (Å²) in [6, 6.07) is 0. The predicted octanol–water partition coefficient (Wildman–Crippen LogP) is 5.39. The lowest BCUT2D eigenvalue weighted by Crippen LogP contribution is -2.64. The number of aliphatic hydroxyl groups excluding tert-OH is 1. The van der Waals surface area contributed by atoms with Crippen LogP contribution in [0.2, 0.25) is 0 Å². The van der Waals surface area contributed by atoms with Gasteiger partial charge in [0.2, 0.25) is 0 Å². The van der Waals surface area contributed by atoms with Gasteiger partial charge in [-0.1, -0.05) is 32.6 Å². The molecule has 1 saturated heterocycles. The lowest BCUT2D eigenvalue weighted by Gasteiger charge is -2.49. The minimum atomic E-state index is -4.65. The zero-order valence-electron chi connectivity index (χ0n) is 26.2. The third-order valence-corrected chi connectivity index (χ3v) is 7.94. The van der Waals surface area contributed by atoms with Gasteiger partial charge in [-0.25, -0.2) is 0 Å². The van der Waals surface area contributed by atoms with E-state index in [1.165, 1.54) is 13.1 Å². The largest absolute Gasteiger partial charge is 0.433 e. The van der Waals surface area contributed by atoms with Crippen LogP contribution in [0.1, 0.15) is 52.4 Å². The highest BCUT2D eigenvalue weighted by Crippen LogP contribution is 2.26. The lowest BCUT2D eigenvalue weighted by atomic mass is 9.97. The molecule has 2 rings (SSSR count). The molecule has 14 heteroatoms. The normalized spacial score (nSPS) is 26.2. The Labute approximate surface area is 257 Å². The summed E-state index contributed by atoms with van der Waals surface area (Å²) in [4.78, 5) is 14.6. The molecular formula is C30H47F6N7O. The second-order valence-electron chi connectivity index (χ2n) is 11.1. The maximum Gasteiger partial charge on any atom is 0.433 e. The van der Waals surface area contributed by atoms with Crippen molar-refractivity contribution in [3.05, 3.63) is 48.5 Å². The molecular weight excluding hydrogens is 588 g/mol. The highest BCUT2D eigenvalue weighted by molar-refractivity contribution is 6.00. The van der Waals surface area contributed by atoms with Gasteiger partial charge in [-0.15, -0.1) is 0 Å². The number of allylic oxidation sites excluding steroid dienone is 5. The summed E-state index contributed by atoms with van der Waals surface area (Å²) in [7, 11) is 4.98. The second-order valence-corrected chi connectivity index (χ2v) is 11.1. The molecule has 2 aliphatic rings. The first-order valence-corrected chi connectivity index (χ1v) is 14.9. The van der Waals surface area contributed by atoms with Crippen LogP contribution in [0.4, 0.5) is 26.3 Å². The molecule has 3 N–H and O–H groups in total. The summed E-state index contributed by atoms with van der Waals surface area (Å²) in [5.41, 5.74) is -1.63. The first-order valence-electron chi connectivity index (χ1n) is 14.9. The molecule has 0 aliphatic carbocycles. The topological polar surface area (TPSA) is 78.7 Å². The molecule has 0 aromatic rings. The molecule has 8 nitrogen and oxygen atoms in total. The molecule has 2 heterocycles. The molecule has 4 unspecified atom stereocenters. The summed E-state index contributed by atoms with van der Waals surface area (Å²) in [5.74, 6) is 0.706. The molecule has 0 spiro atoms. The molecule has 4 atom stereocenters. The number of hydrogen-bond acceptors (Lipinski definition) is 8. The molecule has 1 fully saturated rings. The van der Waals surface area contributed by atoms with Gasteiger partial charge in [0.1, 0.15) is 29.7 Å². The Morgan fingerprint density at radius 3 is 2.41 bits per heavy atom. The van der Waals surface area contributed by atoms with Gasteiger partial charge >= 0.3 is 12.4 Å². The van der Waals surface area contributed by atoms with Gasteiger partial charge in [-0.2, -0.15) is 26.3 Å². The van der Waals surface area contributed by atoms with E-state index in [4.69, 9.17) is 4.99 Å². The maximum absolute atomic E-state index is 13.5. The van der Waals surface area contributed by atoms with Crippen molar-refractivity contribution >= 4 is 11.5 Å². The lowest BCUT2D eigenvalue weighted by molar-refractivity contribution is -0.0960. The number of amidine groups is 1. The summed E-state index contributed by atoms with van der Waals surface area (Å²) in [6.07, 6.45) is -0.676. The van der Waals surface area contributed by atoms with Crippen molar-refractivity contribution in [1.82, 2.24) is 25.3 Å². The van der Waals surface area contributed by atoms with Crippen LogP contribution in [0.3, 0.4) is 0 Å². The van der Waals surface area contributed by atoms with Gasteiger partial charge in [0.25, 0.3) is 0 Å². The molecule has 0 aromatic carbocycles. The number of halogens is 6. The number of rotatable bonds is 11. The van der Waals surface area contributed by atoms with Crippen LogP contribution in [0.5, 0.6) is 0 Å². The van der Waals surface area contributed by atoms with Crippen LogP contribution in [-0.2, 0) is 0 Å². The van der Waals surface area contributed by atoms with Crippen LogP contribution < -0.4 is 10.6 Å². The minimum Gasteiger partial charge on any atom is -0.393 e. The third-order valence-electron chi connectivity index (χ3n) is 7.94. The van der Waals surface area contributed by atoms with Crippen LogP contribution in [0.15, 0.2) is 58.5 Å². The highest BCUT2D eigenvalue weighted by atomic mass is 19.4. The molecule has 0 saturated carbocycles. The molecule has 0 bridgehead atoms. The zero-order valence-corrected chi connectivity index (χ0v) is 26.2. The number of alkyl halides is 6. The minimum absolute atomic E-state index is 0.113. The van der Waals surface area contributed by atoms with Crippen LogP contribution in [-0.4, -0.2) is 103 Å². The van der Waals surface area contributed by atoms with Crippen molar-refractivity contribution in [2.24, 2.45) is 15.9 Å². The van der Waals surface area contributed by atoms with Crippen LogP contribution in [0, 0.1) is 5.92 Å². The van der Waals surface area contributed by atoms with E-state index in [-0.39, 0.29) is 31.3 Å². The van der Waals surface area contributed by atoms with E-state index < -0.39 is 29.9 Å². The van der Waals surface area contributed by atoms with Crippen molar-refractivity contribution in [1.29, 1.82) is 0 Å². The van der Waals surface area contributed by atoms with E-state index in [9.17, 15) is 31.4 Å². The Kier molecular flexibility index (Phi) is 14.4. The van der Waals surface area contributed by atoms with E-state index in [1.54, 1.807) is 13.0 Å². The van der Waals surface area contributed by atoms with E-state index in [2.05, 4.69) is 27.1 Å². The summed E-state index contributed by atoms with van der Waals surface area (Å²) < 4.78 is 79.7. The van der Waals surface area contributed by atoms with E-state index >= 15 is 0 Å². The number of nitrogens with zero attached hydrogens (tertiary/aromatic N) is 5. The number of nitrogens with one attached hydrogen (secondary N) is 2. The van der Waals surface area contributed by atoms with E-state index in [0.717, 1.165) is 50.6 Å². The van der Waals surface area contributed by atoms with Crippen LogP contribution in [0.25, 0.3) is 0 Å². The third kappa shape index (κ3) is 11.0. The van der Waals surface area contributed by atoms with Crippen molar-refractivity contribution in [2.75, 3.05) is 40.8 Å². The Balaban J connectivity index is 2.40. The van der Waals surface area contributed by atoms with Gasteiger partial charge in [-0.05, 0) is 57.2 Å². The smallest absolute Gasteiger partial charge is 0.393 e. The fourth-order valence-electron chi connectivity index (χ4n) is 5.27. The van der Waals surface area contributed by atoms with Crippen molar-refractivity contribution in [3.8, 4) is 0 Å². The number of likely N-dealkylation sites (N-methyl/N-ethyl adjacent to an activating group) is 1.